The average Bonchev–Trinajstić information content (AvgIpc) is 2.61. The molecule has 2 rings (SSSR count). The number of rotatable bonds is 7. The van der Waals surface area contributed by atoms with Crippen molar-refractivity contribution in [2.75, 3.05) is 20.3 Å². The molecule has 7 heteroatoms. The summed E-state index contributed by atoms with van der Waals surface area (Å²) < 4.78 is 21.6. The zero-order valence-electron chi connectivity index (χ0n) is 16.3. The molecule has 1 aliphatic rings. The standard InChI is InChI=1S/C20H25NO6/c1-6-25-14-9-8-13(10-15(14)24-5)17-16(11(3)22)12(4)27-19(21)18(17)20(23)26-7-2/h8-10,17H,6-7,21H2,1-5H3/t17-/m0/s1. The van der Waals surface area contributed by atoms with Crippen molar-refractivity contribution in [1.29, 1.82) is 0 Å². The normalized spacial score (nSPS) is 16.7. The third kappa shape index (κ3) is 4.07. The fourth-order valence-electron chi connectivity index (χ4n) is 3.12. The summed E-state index contributed by atoms with van der Waals surface area (Å²) in [7, 11) is 1.52. The molecule has 146 valence electrons. The molecule has 0 spiro atoms. The number of hydrogen-bond donors (Lipinski definition) is 1. The molecular weight excluding hydrogens is 350 g/mol. The number of ketones is 1. The van der Waals surface area contributed by atoms with Gasteiger partial charge in [0.15, 0.2) is 17.3 Å². The van der Waals surface area contributed by atoms with Gasteiger partial charge in [0, 0.05) is 5.57 Å². The van der Waals surface area contributed by atoms with Gasteiger partial charge in [0.05, 0.1) is 26.2 Å². The van der Waals surface area contributed by atoms with Gasteiger partial charge in [0.25, 0.3) is 0 Å². The number of carbonyl (C=O) groups is 2. The zero-order valence-corrected chi connectivity index (χ0v) is 16.3. The number of methoxy groups -OCH3 is 1. The van der Waals surface area contributed by atoms with Crippen LogP contribution in [0.4, 0.5) is 0 Å². The summed E-state index contributed by atoms with van der Waals surface area (Å²) >= 11 is 0. The highest BCUT2D eigenvalue weighted by Crippen LogP contribution is 2.42. The van der Waals surface area contributed by atoms with E-state index < -0.39 is 11.9 Å². The van der Waals surface area contributed by atoms with Crippen LogP contribution in [0.2, 0.25) is 0 Å². The van der Waals surface area contributed by atoms with Gasteiger partial charge in [-0.15, -0.1) is 0 Å². The summed E-state index contributed by atoms with van der Waals surface area (Å²) in [6, 6.07) is 5.23. The van der Waals surface area contributed by atoms with Crippen molar-refractivity contribution < 1.29 is 28.5 Å². The second-order valence-corrected chi connectivity index (χ2v) is 5.90. The number of ether oxygens (including phenoxy) is 4. The molecule has 1 heterocycles. The van der Waals surface area contributed by atoms with E-state index in [0.29, 0.717) is 35.0 Å². The maximum atomic E-state index is 12.6. The SMILES string of the molecule is CCOC(=O)C1=C(N)OC(C)=C(C(C)=O)[C@@H]1c1ccc(OCC)c(OC)c1. The Labute approximate surface area is 158 Å². The lowest BCUT2D eigenvalue weighted by atomic mass is 9.81. The van der Waals surface area contributed by atoms with Gasteiger partial charge in [-0.25, -0.2) is 4.79 Å². The Morgan fingerprint density at radius 3 is 2.41 bits per heavy atom. The second kappa shape index (κ2) is 8.62. The first kappa shape index (κ1) is 20.4. The van der Waals surface area contributed by atoms with Crippen molar-refractivity contribution >= 4 is 11.8 Å². The molecule has 0 fully saturated rings. The lowest BCUT2D eigenvalue weighted by Crippen LogP contribution is -2.28. The van der Waals surface area contributed by atoms with Gasteiger partial charge < -0.3 is 24.7 Å². The molecule has 27 heavy (non-hydrogen) atoms. The van der Waals surface area contributed by atoms with Crippen molar-refractivity contribution in [2.45, 2.75) is 33.6 Å². The molecule has 0 aromatic heterocycles. The summed E-state index contributed by atoms with van der Waals surface area (Å²) in [4.78, 5) is 24.9. The van der Waals surface area contributed by atoms with Gasteiger partial charge in [-0.3, -0.25) is 4.79 Å². The van der Waals surface area contributed by atoms with E-state index in [-0.39, 0.29) is 23.8 Å². The highest BCUT2D eigenvalue weighted by Gasteiger charge is 2.38. The van der Waals surface area contributed by atoms with E-state index in [4.69, 9.17) is 24.7 Å². The summed E-state index contributed by atoms with van der Waals surface area (Å²) in [6.45, 7) is 7.28. The van der Waals surface area contributed by atoms with Crippen LogP contribution in [0, 0.1) is 0 Å². The quantitative estimate of drug-likeness (QED) is 0.732. The van der Waals surface area contributed by atoms with Crippen molar-refractivity contribution in [3.05, 3.63) is 46.6 Å². The second-order valence-electron chi connectivity index (χ2n) is 5.90. The van der Waals surface area contributed by atoms with Gasteiger partial charge in [0.1, 0.15) is 11.3 Å². The van der Waals surface area contributed by atoms with Gasteiger partial charge >= 0.3 is 5.97 Å². The number of carbonyl (C=O) groups excluding carboxylic acids is 2. The minimum Gasteiger partial charge on any atom is -0.493 e. The van der Waals surface area contributed by atoms with E-state index in [2.05, 4.69) is 0 Å². The maximum Gasteiger partial charge on any atom is 0.340 e. The third-order valence-corrected chi connectivity index (χ3v) is 4.18. The number of esters is 1. The average molecular weight is 375 g/mol. The molecule has 2 N–H and O–H groups in total. The fourth-order valence-corrected chi connectivity index (χ4v) is 3.12. The first-order valence-corrected chi connectivity index (χ1v) is 8.72. The number of hydrogen-bond acceptors (Lipinski definition) is 7. The highest BCUT2D eigenvalue weighted by molar-refractivity contribution is 6.01. The molecule has 0 saturated carbocycles. The van der Waals surface area contributed by atoms with Crippen LogP contribution in [0.15, 0.2) is 41.0 Å². The number of benzene rings is 1. The Hall–Kier alpha value is -2.96. The van der Waals surface area contributed by atoms with Gasteiger partial charge in [-0.1, -0.05) is 6.07 Å². The molecule has 1 aromatic carbocycles. The molecule has 0 saturated heterocycles. The highest BCUT2D eigenvalue weighted by atomic mass is 16.5. The first-order chi connectivity index (χ1) is 12.8. The van der Waals surface area contributed by atoms with Crippen LogP contribution < -0.4 is 15.2 Å². The Bertz CT molecular complexity index is 809. The molecule has 1 aliphatic heterocycles. The molecule has 0 aliphatic carbocycles. The minimum atomic E-state index is -0.722. The molecule has 1 aromatic rings. The molecule has 0 unspecified atom stereocenters. The molecule has 7 nitrogen and oxygen atoms in total. The summed E-state index contributed by atoms with van der Waals surface area (Å²) in [5.74, 6) is -0.239. The first-order valence-electron chi connectivity index (χ1n) is 8.72. The van der Waals surface area contributed by atoms with Crippen LogP contribution in [0.5, 0.6) is 11.5 Å². The topological polar surface area (TPSA) is 97.1 Å². The smallest absolute Gasteiger partial charge is 0.340 e. The Morgan fingerprint density at radius 1 is 1.15 bits per heavy atom. The number of allylic oxidation sites excluding steroid dienone is 2. The minimum absolute atomic E-state index is 0.0752. The van der Waals surface area contributed by atoms with E-state index in [1.165, 1.54) is 14.0 Å². The molecule has 0 amide bonds. The summed E-state index contributed by atoms with van der Waals surface area (Å²) in [5.41, 5.74) is 7.08. The van der Waals surface area contributed by atoms with Gasteiger partial charge in [-0.2, -0.15) is 0 Å². The van der Waals surface area contributed by atoms with Crippen LogP contribution in [-0.2, 0) is 19.1 Å². The van der Waals surface area contributed by atoms with E-state index in [1.54, 1.807) is 32.0 Å². The van der Waals surface area contributed by atoms with Crippen molar-refractivity contribution in [3.8, 4) is 11.5 Å². The van der Waals surface area contributed by atoms with Crippen LogP contribution in [0.1, 0.15) is 39.2 Å². The van der Waals surface area contributed by atoms with Crippen LogP contribution in [-0.4, -0.2) is 32.1 Å². The lowest BCUT2D eigenvalue weighted by Gasteiger charge is -2.29. The molecule has 0 bridgehead atoms. The van der Waals surface area contributed by atoms with Crippen molar-refractivity contribution in [3.63, 3.8) is 0 Å². The molecule has 0 radical (unpaired) electrons. The summed E-state index contributed by atoms with van der Waals surface area (Å²) in [6.07, 6.45) is 0. The van der Waals surface area contributed by atoms with E-state index >= 15 is 0 Å². The molecular formula is C20H25NO6. The largest absolute Gasteiger partial charge is 0.493 e. The molecule has 1 atom stereocenters. The Kier molecular flexibility index (Phi) is 6.50. The van der Waals surface area contributed by atoms with Gasteiger partial charge in [-0.05, 0) is 45.4 Å². The van der Waals surface area contributed by atoms with Crippen molar-refractivity contribution in [2.24, 2.45) is 5.73 Å². The lowest BCUT2D eigenvalue weighted by molar-refractivity contribution is -0.139. The van der Waals surface area contributed by atoms with E-state index in [1.807, 2.05) is 6.92 Å². The van der Waals surface area contributed by atoms with E-state index in [0.717, 1.165) is 0 Å². The number of nitrogens with two attached hydrogens (primary N) is 1. The van der Waals surface area contributed by atoms with Crippen molar-refractivity contribution in [1.82, 2.24) is 0 Å². The number of Topliss-reactive ketones (excluding diaryl/α,β-unsaturated/α-hetero) is 1. The predicted octanol–water partition coefficient (Wildman–Crippen LogP) is 2.80. The zero-order chi connectivity index (χ0) is 20.1. The van der Waals surface area contributed by atoms with Gasteiger partial charge in [0.2, 0.25) is 5.88 Å². The third-order valence-electron chi connectivity index (χ3n) is 4.18. The maximum absolute atomic E-state index is 12.6. The Morgan fingerprint density at radius 2 is 1.85 bits per heavy atom. The predicted molar refractivity (Wildman–Crippen MR) is 99.2 cm³/mol. The van der Waals surface area contributed by atoms with Crippen LogP contribution in [0.25, 0.3) is 0 Å². The fraction of sp³-hybridized carbons (Fsp3) is 0.400. The van der Waals surface area contributed by atoms with Crippen LogP contribution in [0.3, 0.4) is 0 Å². The van der Waals surface area contributed by atoms with E-state index in [9.17, 15) is 9.59 Å². The Balaban J connectivity index is 2.66. The monoisotopic (exact) mass is 375 g/mol. The summed E-state index contributed by atoms with van der Waals surface area (Å²) in [5, 5.41) is 0. The van der Waals surface area contributed by atoms with Crippen LogP contribution >= 0.6 is 0 Å².